The van der Waals surface area contributed by atoms with Crippen LogP contribution < -0.4 is 16.2 Å². The number of nitrogens with zero attached hydrogens (tertiary/aromatic N) is 1. The fraction of sp³-hybridized carbons (Fsp3) is 0.583. The number of benzene rings is 1. The molecule has 0 amide bonds. The van der Waals surface area contributed by atoms with E-state index in [1.54, 1.807) is 6.07 Å². The van der Waals surface area contributed by atoms with Crippen LogP contribution in [-0.4, -0.2) is 74.5 Å². The zero-order valence-electron chi connectivity index (χ0n) is 22.3. The topological polar surface area (TPSA) is 144 Å². The Morgan fingerprint density at radius 3 is 2.00 bits per heavy atom. The van der Waals surface area contributed by atoms with E-state index in [4.69, 9.17) is 19.8 Å². The number of H-pyrrole nitrogens is 1. The molecule has 2 atom stereocenters. The number of thioether (sulfide) groups is 1. The van der Waals surface area contributed by atoms with E-state index in [-0.39, 0.29) is 28.3 Å². The lowest BCUT2D eigenvalue weighted by atomic mass is 10.0. The second-order valence-corrected chi connectivity index (χ2v) is 10.9. The molecule has 5 N–H and O–H groups in total. The molecule has 0 bridgehead atoms. The number of carboxylic acids is 2. The Bertz CT molecular complexity index is 1320. The first kappa shape index (κ1) is 36.9. The van der Waals surface area contributed by atoms with Crippen LogP contribution in [0.4, 0.5) is 49.6 Å². The molecule has 1 aliphatic heterocycles. The van der Waals surface area contributed by atoms with Gasteiger partial charge in [0, 0.05) is 17.0 Å². The van der Waals surface area contributed by atoms with Gasteiger partial charge in [0.15, 0.2) is 0 Å². The van der Waals surface area contributed by atoms with Crippen molar-refractivity contribution in [3.05, 3.63) is 34.1 Å². The molecular weight excluding hydrogens is 646 g/mol. The van der Waals surface area contributed by atoms with Gasteiger partial charge in [0.1, 0.15) is 23.1 Å². The number of nitrogens with one attached hydrogen (secondary N) is 3. The van der Waals surface area contributed by atoms with E-state index in [1.807, 2.05) is 0 Å². The van der Waals surface area contributed by atoms with E-state index >= 15 is 0 Å². The highest BCUT2D eigenvalue weighted by atomic mass is 32.2. The van der Waals surface area contributed by atoms with Crippen molar-refractivity contribution in [2.75, 3.05) is 11.9 Å². The lowest BCUT2D eigenvalue weighted by Crippen LogP contribution is -2.48. The van der Waals surface area contributed by atoms with Gasteiger partial charge in [-0.2, -0.15) is 51.3 Å². The monoisotopic (exact) mass is 672 g/mol. The first-order valence-electron chi connectivity index (χ1n) is 12.7. The molecule has 1 aromatic carbocycles. The van der Waals surface area contributed by atoms with Crippen molar-refractivity contribution in [2.45, 2.75) is 80.1 Å². The minimum atomic E-state index is -5.08. The third-order valence-electron chi connectivity index (χ3n) is 6.23. The number of aliphatic carboxylic acids is 2. The van der Waals surface area contributed by atoms with Gasteiger partial charge in [-0.1, -0.05) is 12.8 Å². The normalized spacial score (nSPS) is 19.4. The average Bonchev–Trinajstić information content (AvgIpc) is 3.39. The SMILES string of the molecule is O=C(O)C(F)(F)F.O=C(O)C(F)(F)F.O=c1[nH]c(CS[C@@H]2CCN[C@@H](C(F)(F)F)C2)nc2cc(NC3CCCC3)cc(F)c12. The Hall–Kier alpha value is -3.29. The minimum Gasteiger partial charge on any atom is -0.475 e. The number of anilines is 1. The maximum Gasteiger partial charge on any atom is 0.490 e. The predicted molar refractivity (Wildman–Crippen MR) is 138 cm³/mol. The number of carbonyl (C=O) groups is 2. The highest BCUT2D eigenvalue weighted by Gasteiger charge is 2.42. The zero-order chi connectivity index (χ0) is 33.5. The fourth-order valence-electron chi connectivity index (χ4n) is 4.21. The molecule has 0 unspecified atom stereocenters. The number of hydrogen-bond donors (Lipinski definition) is 5. The molecule has 1 saturated heterocycles. The molecule has 9 nitrogen and oxygen atoms in total. The average molecular weight is 673 g/mol. The van der Waals surface area contributed by atoms with Crippen LogP contribution in [0.3, 0.4) is 0 Å². The zero-order valence-corrected chi connectivity index (χ0v) is 23.1. The number of aromatic amines is 1. The van der Waals surface area contributed by atoms with Gasteiger partial charge in [-0.05, 0) is 44.4 Å². The Labute approximate surface area is 245 Å². The highest BCUT2D eigenvalue weighted by Crippen LogP contribution is 2.32. The lowest BCUT2D eigenvalue weighted by molar-refractivity contribution is -0.193. The quantitative estimate of drug-likeness (QED) is 0.257. The van der Waals surface area contributed by atoms with Gasteiger partial charge in [-0.15, -0.1) is 0 Å². The third-order valence-corrected chi connectivity index (χ3v) is 7.57. The summed E-state index contributed by atoms with van der Waals surface area (Å²) in [5.41, 5.74) is 0.280. The Balaban J connectivity index is 0.000000402. The Kier molecular flexibility index (Phi) is 12.7. The van der Waals surface area contributed by atoms with Crippen molar-refractivity contribution in [3.8, 4) is 0 Å². The van der Waals surface area contributed by atoms with Crippen LogP contribution >= 0.6 is 11.8 Å². The molecule has 2 heterocycles. The summed E-state index contributed by atoms with van der Waals surface area (Å²) in [5.74, 6) is -5.54. The Morgan fingerprint density at radius 1 is 0.955 bits per heavy atom. The summed E-state index contributed by atoms with van der Waals surface area (Å²) in [4.78, 5) is 37.1. The number of hydrogen-bond acceptors (Lipinski definition) is 7. The number of alkyl halides is 9. The largest absolute Gasteiger partial charge is 0.490 e. The van der Waals surface area contributed by atoms with Crippen LogP contribution in [0.5, 0.6) is 0 Å². The highest BCUT2D eigenvalue weighted by molar-refractivity contribution is 7.99. The van der Waals surface area contributed by atoms with E-state index in [1.165, 1.54) is 17.8 Å². The molecule has 0 radical (unpaired) electrons. The number of aromatic nitrogens is 2. The molecular formula is C24H26F10N4O5S. The number of fused-ring (bicyclic) bond motifs is 1. The van der Waals surface area contributed by atoms with Gasteiger partial charge in [0.05, 0.1) is 11.3 Å². The van der Waals surface area contributed by atoms with Gasteiger partial charge in [-0.3, -0.25) is 4.79 Å². The van der Waals surface area contributed by atoms with Crippen molar-refractivity contribution >= 4 is 40.3 Å². The van der Waals surface area contributed by atoms with Gasteiger partial charge in [0.2, 0.25) is 0 Å². The van der Waals surface area contributed by atoms with E-state index in [2.05, 4.69) is 20.6 Å². The first-order chi connectivity index (χ1) is 20.2. The van der Waals surface area contributed by atoms with E-state index in [0.29, 0.717) is 30.5 Å². The second-order valence-electron chi connectivity index (χ2n) is 9.60. The molecule has 2 aromatic rings. The summed E-state index contributed by atoms with van der Waals surface area (Å²) in [6.07, 6.45) is -9.51. The van der Waals surface area contributed by atoms with Gasteiger partial charge in [0.25, 0.3) is 5.56 Å². The molecule has 248 valence electrons. The molecule has 2 fully saturated rings. The minimum absolute atomic E-state index is 0.0178. The molecule has 2 aliphatic rings. The second kappa shape index (κ2) is 15.1. The van der Waals surface area contributed by atoms with Crippen LogP contribution in [0.15, 0.2) is 16.9 Å². The third kappa shape index (κ3) is 11.7. The molecule has 0 spiro atoms. The van der Waals surface area contributed by atoms with Gasteiger partial charge >= 0.3 is 30.5 Å². The van der Waals surface area contributed by atoms with Crippen LogP contribution in [-0.2, 0) is 15.3 Å². The number of halogens is 10. The molecule has 1 aromatic heterocycles. The first-order valence-corrected chi connectivity index (χ1v) is 13.7. The summed E-state index contributed by atoms with van der Waals surface area (Å²) in [6, 6.07) is 1.77. The predicted octanol–water partition coefficient (Wildman–Crippen LogP) is 5.60. The molecule has 1 saturated carbocycles. The van der Waals surface area contributed by atoms with Gasteiger partial charge < -0.3 is 25.8 Å². The summed E-state index contributed by atoms with van der Waals surface area (Å²) in [5, 5.41) is 19.8. The molecule has 20 heteroatoms. The summed E-state index contributed by atoms with van der Waals surface area (Å²) < 4.78 is 117. The van der Waals surface area contributed by atoms with Gasteiger partial charge in [-0.25, -0.2) is 19.0 Å². The smallest absolute Gasteiger partial charge is 0.475 e. The number of carboxylic acid groups (broad SMARTS) is 2. The van der Waals surface area contributed by atoms with Crippen LogP contribution in [0.2, 0.25) is 0 Å². The van der Waals surface area contributed by atoms with E-state index < -0.39 is 47.9 Å². The fourth-order valence-corrected chi connectivity index (χ4v) is 5.35. The van der Waals surface area contributed by atoms with E-state index in [9.17, 15) is 48.7 Å². The van der Waals surface area contributed by atoms with Crippen LogP contribution in [0, 0.1) is 5.82 Å². The molecule has 44 heavy (non-hydrogen) atoms. The number of rotatable bonds is 5. The molecule has 4 rings (SSSR count). The number of piperidine rings is 1. The van der Waals surface area contributed by atoms with Crippen molar-refractivity contribution in [1.29, 1.82) is 0 Å². The Morgan fingerprint density at radius 2 is 1.50 bits per heavy atom. The van der Waals surface area contributed by atoms with Crippen molar-refractivity contribution in [2.24, 2.45) is 0 Å². The van der Waals surface area contributed by atoms with E-state index in [0.717, 1.165) is 25.7 Å². The lowest BCUT2D eigenvalue weighted by Gasteiger charge is -2.31. The van der Waals surface area contributed by atoms with Crippen molar-refractivity contribution in [1.82, 2.24) is 15.3 Å². The summed E-state index contributed by atoms with van der Waals surface area (Å²) >= 11 is 1.34. The van der Waals surface area contributed by atoms with Crippen LogP contribution in [0.1, 0.15) is 44.3 Å². The van der Waals surface area contributed by atoms with Crippen LogP contribution in [0.25, 0.3) is 10.9 Å². The molecule has 1 aliphatic carbocycles. The summed E-state index contributed by atoms with van der Waals surface area (Å²) in [7, 11) is 0. The maximum absolute atomic E-state index is 14.5. The van der Waals surface area contributed by atoms with Crippen molar-refractivity contribution < 1.29 is 63.7 Å². The maximum atomic E-state index is 14.5. The standard InChI is InChI=1S/C20H24F4N4OS.2C2HF3O2/c21-14-7-12(26-11-3-1-2-4-11)8-15-18(14)19(29)28-17(27-15)10-30-13-5-6-25-16(9-13)20(22,23)24;2*3-2(4,5)1(6)7/h7-8,11,13,16,25-26H,1-6,9-10H2,(H,27,28,29);2*(H,6,7)/t13-,16-;;/m1../s1. The summed E-state index contributed by atoms with van der Waals surface area (Å²) in [6.45, 7) is 0.297. The van der Waals surface area contributed by atoms with Crippen molar-refractivity contribution in [3.63, 3.8) is 0 Å².